The lowest BCUT2D eigenvalue weighted by molar-refractivity contribution is 0.270. The van der Waals surface area contributed by atoms with Crippen LogP contribution in [0, 0.1) is 5.82 Å². The Hall–Kier alpha value is -1.13. The first-order valence-corrected chi connectivity index (χ1v) is 8.00. The molecule has 2 atom stereocenters. The molecule has 0 amide bonds. The Balaban J connectivity index is 2.03. The zero-order chi connectivity index (χ0) is 15.4. The molecule has 1 heterocycles. The molecule has 1 aliphatic rings. The van der Waals surface area contributed by atoms with Gasteiger partial charge >= 0.3 is 0 Å². The minimum atomic E-state index is -0.142. The monoisotopic (exact) mass is 293 g/mol. The van der Waals surface area contributed by atoms with Gasteiger partial charge < -0.3 is 10.6 Å². The molecule has 1 fully saturated rings. The maximum absolute atomic E-state index is 14.3. The van der Waals surface area contributed by atoms with Crippen molar-refractivity contribution in [1.29, 1.82) is 0 Å². The van der Waals surface area contributed by atoms with Gasteiger partial charge in [-0.1, -0.05) is 13.0 Å². The van der Waals surface area contributed by atoms with E-state index in [4.69, 9.17) is 5.73 Å². The molecular weight excluding hydrogens is 265 g/mol. The maximum atomic E-state index is 14.3. The van der Waals surface area contributed by atoms with Crippen LogP contribution in [0.5, 0.6) is 0 Å². The molecule has 0 spiro atoms. The molecule has 1 aromatic carbocycles. The minimum absolute atomic E-state index is 0.0598. The molecule has 0 radical (unpaired) electrons. The molecule has 1 aromatic rings. The third-order valence-corrected chi connectivity index (χ3v) is 4.37. The summed E-state index contributed by atoms with van der Waals surface area (Å²) in [5.74, 6) is -0.142. The summed E-state index contributed by atoms with van der Waals surface area (Å²) in [6.07, 6.45) is 3.18. The quantitative estimate of drug-likeness (QED) is 0.875. The second kappa shape index (κ2) is 7.23. The molecule has 2 rings (SSSR count). The van der Waals surface area contributed by atoms with Gasteiger partial charge in [-0.15, -0.1) is 0 Å². The Labute approximate surface area is 127 Å². The summed E-state index contributed by atoms with van der Waals surface area (Å²) < 4.78 is 14.3. The van der Waals surface area contributed by atoms with Crippen LogP contribution >= 0.6 is 0 Å². The van der Waals surface area contributed by atoms with Crippen molar-refractivity contribution >= 4 is 5.69 Å². The highest BCUT2D eigenvalue weighted by Crippen LogP contribution is 2.23. The molecule has 21 heavy (non-hydrogen) atoms. The number of nitrogens with two attached hydrogens (primary N) is 1. The lowest BCUT2D eigenvalue weighted by Crippen LogP contribution is -2.39. The van der Waals surface area contributed by atoms with Crippen LogP contribution in [-0.2, 0) is 6.42 Å². The molecule has 0 bridgehead atoms. The molecule has 3 nitrogen and oxygen atoms in total. The van der Waals surface area contributed by atoms with Gasteiger partial charge in [-0.3, -0.25) is 4.90 Å². The van der Waals surface area contributed by atoms with Crippen LogP contribution in [0.15, 0.2) is 18.2 Å². The van der Waals surface area contributed by atoms with E-state index < -0.39 is 0 Å². The van der Waals surface area contributed by atoms with E-state index in [0.717, 1.165) is 18.7 Å². The normalized spacial score (nSPS) is 20.7. The first kappa shape index (κ1) is 16.2. The van der Waals surface area contributed by atoms with Crippen molar-refractivity contribution in [2.45, 2.75) is 45.2 Å². The summed E-state index contributed by atoms with van der Waals surface area (Å²) in [5, 5.41) is 0. The van der Waals surface area contributed by atoms with Crippen molar-refractivity contribution in [2.75, 3.05) is 31.6 Å². The molecule has 0 aromatic heterocycles. The van der Waals surface area contributed by atoms with E-state index in [1.807, 2.05) is 31.0 Å². The first-order valence-electron chi connectivity index (χ1n) is 8.00. The number of anilines is 1. The summed E-state index contributed by atoms with van der Waals surface area (Å²) in [4.78, 5) is 4.53. The van der Waals surface area contributed by atoms with Crippen LogP contribution in [0.2, 0.25) is 0 Å². The summed E-state index contributed by atoms with van der Waals surface area (Å²) in [5.41, 5.74) is 7.43. The van der Waals surface area contributed by atoms with Crippen molar-refractivity contribution in [2.24, 2.45) is 5.73 Å². The molecule has 2 N–H and O–H groups in total. The van der Waals surface area contributed by atoms with Gasteiger partial charge in [0.25, 0.3) is 0 Å². The van der Waals surface area contributed by atoms with Gasteiger partial charge in [0.1, 0.15) is 5.82 Å². The number of likely N-dealkylation sites (tertiary alicyclic amines) is 1. The molecular formula is C17H28FN3. The lowest BCUT2D eigenvalue weighted by Gasteiger charge is -2.29. The summed E-state index contributed by atoms with van der Waals surface area (Å²) in [7, 11) is 1.98. The van der Waals surface area contributed by atoms with E-state index in [1.54, 1.807) is 6.07 Å². The average Bonchev–Trinajstić information content (AvgIpc) is 2.85. The van der Waals surface area contributed by atoms with Crippen LogP contribution in [0.25, 0.3) is 0 Å². The van der Waals surface area contributed by atoms with E-state index in [2.05, 4.69) is 11.8 Å². The van der Waals surface area contributed by atoms with Crippen molar-refractivity contribution in [3.63, 3.8) is 0 Å². The Morgan fingerprint density at radius 2 is 2.24 bits per heavy atom. The smallest absolute Gasteiger partial charge is 0.146 e. The number of benzene rings is 1. The Morgan fingerprint density at radius 1 is 1.48 bits per heavy atom. The summed E-state index contributed by atoms with van der Waals surface area (Å²) in [6.45, 7) is 7.27. The van der Waals surface area contributed by atoms with Crippen LogP contribution in [0.3, 0.4) is 0 Å². The van der Waals surface area contributed by atoms with E-state index in [1.165, 1.54) is 19.4 Å². The molecule has 1 aliphatic heterocycles. The number of nitrogens with zero attached hydrogens (tertiary/aromatic N) is 2. The molecule has 1 saturated heterocycles. The van der Waals surface area contributed by atoms with Crippen LogP contribution in [-0.4, -0.2) is 43.7 Å². The largest absolute Gasteiger partial charge is 0.371 e. The van der Waals surface area contributed by atoms with Gasteiger partial charge in [-0.2, -0.15) is 0 Å². The Morgan fingerprint density at radius 3 is 2.86 bits per heavy atom. The number of hydrogen-bond donors (Lipinski definition) is 1. The number of hydrogen-bond acceptors (Lipinski definition) is 3. The van der Waals surface area contributed by atoms with Crippen molar-refractivity contribution in [3.8, 4) is 0 Å². The second-order valence-corrected chi connectivity index (χ2v) is 6.27. The Bertz CT molecular complexity index is 461. The van der Waals surface area contributed by atoms with Crippen LogP contribution in [0.4, 0.5) is 10.1 Å². The van der Waals surface area contributed by atoms with Gasteiger partial charge in [-0.25, -0.2) is 4.39 Å². The molecule has 4 heteroatoms. The fourth-order valence-electron chi connectivity index (χ4n) is 3.29. The topological polar surface area (TPSA) is 32.5 Å². The van der Waals surface area contributed by atoms with Gasteiger partial charge in [0.05, 0.1) is 5.69 Å². The van der Waals surface area contributed by atoms with E-state index >= 15 is 0 Å². The third kappa shape index (κ3) is 4.17. The van der Waals surface area contributed by atoms with Gasteiger partial charge in [-0.05, 0) is 57.0 Å². The van der Waals surface area contributed by atoms with Crippen molar-refractivity contribution < 1.29 is 4.39 Å². The standard InChI is InChI=1S/C17H28FN3/c1-4-21-9-5-6-15(21)12-20(3)17-8-7-14(10-13(2)19)11-16(17)18/h7-8,11,13,15H,4-6,9-10,12,19H2,1-3H3. The van der Waals surface area contributed by atoms with Gasteiger partial charge in [0.2, 0.25) is 0 Å². The van der Waals surface area contributed by atoms with Gasteiger partial charge in [0.15, 0.2) is 0 Å². The van der Waals surface area contributed by atoms with Crippen LogP contribution in [0.1, 0.15) is 32.3 Å². The number of rotatable bonds is 6. The number of halogens is 1. The van der Waals surface area contributed by atoms with E-state index in [9.17, 15) is 4.39 Å². The highest BCUT2D eigenvalue weighted by molar-refractivity contribution is 5.48. The van der Waals surface area contributed by atoms with Crippen molar-refractivity contribution in [3.05, 3.63) is 29.6 Å². The lowest BCUT2D eigenvalue weighted by atomic mass is 10.1. The zero-order valence-electron chi connectivity index (χ0n) is 13.5. The highest BCUT2D eigenvalue weighted by atomic mass is 19.1. The van der Waals surface area contributed by atoms with Crippen molar-refractivity contribution in [1.82, 2.24) is 4.90 Å². The van der Waals surface area contributed by atoms with Crippen LogP contribution < -0.4 is 10.6 Å². The summed E-state index contributed by atoms with van der Waals surface area (Å²) in [6, 6.07) is 6.11. The molecule has 0 saturated carbocycles. The summed E-state index contributed by atoms with van der Waals surface area (Å²) >= 11 is 0. The predicted molar refractivity (Wildman–Crippen MR) is 87.3 cm³/mol. The molecule has 118 valence electrons. The predicted octanol–water partition coefficient (Wildman–Crippen LogP) is 2.64. The van der Waals surface area contributed by atoms with E-state index in [0.29, 0.717) is 18.2 Å². The Kier molecular flexibility index (Phi) is 5.59. The second-order valence-electron chi connectivity index (χ2n) is 6.27. The minimum Gasteiger partial charge on any atom is -0.371 e. The molecule has 0 aliphatic carbocycles. The fraction of sp³-hybridized carbons (Fsp3) is 0.647. The number of likely N-dealkylation sites (N-methyl/N-ethyl adjacent to an activating group) is 2. The zero-order valence-corrected chi connectivity index (χ0v) is 13.5. The molecule has 2 unspecified atom stereocenters. The maximum Gasteiger partial charge on any atom is 0.146 e. The van der Waals surface area contributed by atoms with E-state index in [-0.39, 0.29) is 11.9 Å². The fourth-order valence-corrected chi connectivity index (χ4v) is 3.29. The average molecular weight is 293 g/mol. The highest BCUT2D eigenvalue weighted by Gasteiger charge is 2.24. The third-order valence-electron chi connectivity index (χ3n) is 4.37. The van der Waals surface area contributed by atoms with Gasteiger partial charge in [0, 0.05) is 25.7 Å². The first-order chi connectivity index (χ1) is 10.0. The SMILES string of the molecule is CCN1CCCC1CN(C)c1ccc(CC(C)N)cc1F.